The Morgan fingerprint density at radius 3 is 2.59 bits per heavy atom. The summed E-state index contributed by atoms with van der Waals surface area (Å²) < 4.78 is 9.12. The van der Waals surface area contributed by atoms with Crippen LogP contribution in [-0.2, 0) is 24.5 Å². The van der Waals surface area contributed by atoms with Crippen LogP contribution in [0.2, 0.25) is 0 Å². The molecule has 0 saturated heterocycles. The van der Waals surface area contributed by atoms with Crippen LogP contribution in [0.25, 0.3) is 6.08 Å². The van der Waals surface area contributed by atoms with Crippen molar-refractivity contribution in [1.29, 1.82) is 0 Å². The van der Waals surface area contributed by atoms with Gasteiger partial charge in [0, 0.05) is 24.4 Å². The first-order chi connectivity index (χ1) is 13.2. The minimum absolute atomic E-state index is 0.227. The maximum Gasteiger partial charge on any atom is 0.248 e. The maximum absolute atomic E-state index is 12.0. The molecule has 0 fully saturated rings. The first-order valence-corrected chi connectivity index (χ1v) is 8.92. The summed E-state index contributed by atoms with van der Waals surface area (Å²) in [7, 11) is 0. The van der Waals surface area contributed by atoms with Crippen molar-refractivity contribution in [3.63, 3.8) is 0 Å². The number of aromatic nitrogens is 4. The number of rotatable bonds is 8. The number of aryl methyl sites for hydroxylation is 2. The Labute approximate surface area is 158 Å². The van der Waals surface area contributed by atoms with Crippen molar-refractivity contribution >= 4 is 17.7 Å². The third-order valence-electron chi connectivity index (χ3n) is 4.00. The second-order valence-electron chi connectivity index (χ2n) is 5.99. The molecule has 3 rings (SSSR count). The van der Waals surface area contributed by atoms with Gasteiger partial charge in [0.05, 0.1) is 24.3 Å². The number of amides is 1. The van der Waals surface area contributed by atoms with Crippen LogP contribution in [0.4, 0.5) is 5.69 Å². The lowest BCUT2D eigenvalue weighted by Crippen LogP contribution is -2.08. The van der Waals surface area contributed by atoms with Gasteiger partial charge in [-0.1, -0.05) is 19.1 Å². The highest BCUT2D eigenvalue weighted by Gasteiger charge is 2.03. The number of hydrogen-bond donors (Lipinski definition) is 1. The monoisotopic (exact) mass is 365 g/mol. The lowest BCUT2D eigenvalue weighted by molar-refractivity contribution is -0.111. The summed E-state index contributed by atoms with van der Waals surface area (Å²) in [4.78, 5) is 12.0. The molecule has 0 saturated carbocycles. The summed E-state index contributed by atoms with van der Waals surface area (Å²) in [6.07, 6.45) is 11.1. The molecule has 0 bridgehead atoms. The molecule has 0 aliphatic rings. The Bertz CT molecular complexity index is 909. The van der Waals surface area contributed by atoms with E-state index in [-0.39, 0.29) is 12.6 Å². The van der Waals surface area contributed by atoms with Crippen molar-refractivity contribution in [2.75, 3.05) is 5.32 Å². The fourth-order valence-electron chi connectivity index (χ4n) is 2.46. The summed E-state index contributed by atoms with van der Waals surface area (Å²) in [6, 6.07) is 7.97. The molecule has 0 unspecified atom stereocenters. The van der Waals surface area contributed by atoms with Crippen LogP contribution < -0.4 is 10.1 Å². The van der Waals surface area contributed by atoms with E-state index < -0.39 is 0 Å². The topological polar surface area (TPSA) is 74.0 Å². The zero-order valence-corrected chi connectivity index (χ0v) is 15.5. The quantitative estimate of drug-likeness (QED) is 0.621. The first-order valence-electron chi connectivity index (χ1n) is 8.92. The van der Waals surface area contributed by atoms with Gasteiger partial charge >= 0.3 is 0 Å². The standard InChI is InChI=1S/C20H23N5O2/c1-3-16-5-8-19(9-6-16)27-15-25-14-18(12-22-25)23-20(26)10-7-17-11-21-24(4-2)13-17/h5-14H,3-4,15H2,1-2H3,(H,23,26)/b10-7+. The lowest BCUT2D eigenvalue weighted by Gasteiger charge is -2.06. The van der Waals surface area contributed by atoms with Gasteiger partial charge in [-0.15, -0.1) is 0 Å². The minimum atomic E-state index is -0.227. The molecule has 0 radical (unpaired) electrons. The Balaban J connectivity index is 1.50. The van der Waals surface area contributed by atoms with Crippen molar-refractivity contribution < 1.29 is 9.53 Å². The van der Waals surface area contributed by atoms with Crippen LogP contribution in [-0.4, -0.2) is 25.5 Å². The maximum atomic E-state index is 12.0. The Kier molecular flexibility index (Phi) is 6.04. The van der Waals surface area contributed by atoms with E-state index in [4.69, 9.17) is 4.74 Å². The number of nitrogens with one attached hydrogen (secondary N) is 1. The molecule has 3 aromatic rings. The second-order valence-corrected chi connectivity index (χ2v) is 5.99. The van der Waals surface area contributed by atoms with E-state index in [9.17, 15) is 4.79 Å². The highest BCUT2D eigenvalue weighted by atomic mass is 16.5. The van der Waals surface area contributed by atoms with Crippen molar-refractivity contribution in [2.24, 2.45) is 0 Å². The highest BCUT2D eigenvalue weighted by Crippen LogP contribution is 2.13. The van der Waals surface area contributed by atoms with Gasteiger partial charge in [-0.05, 0) is 37.1 Å². The number of ether oxygens (including phenoxy) is 1. The summed E-state index contributed by atoms with van der Waals surface area (Å²) in [6.45, 7) is 5.19. The van der Waals surface area contributed by atoms with Crippen LogP contribution in [0.5, 0.6) is 5.75 Å². The van der Waals surface area contributed by atoms with E-state index in [1.165, 1.54) is 11.6 Å². The normalized spacial score (nSPS) is 11.0. The van der Waals surface area contributed by atoms with Gasteiger partial charge in [-0.25, -0.2) is 4.68 Å². The fourth-order valence-corrected chi connectivity index (χ4v) is 2.46. The molecular weight excluding hydrogens is 342 g/mol. The second kappa shape index (κ2) is 8.84. The zero-order valence-electron chi connectivity index (χ0n) is 15.5. The van der Waals surface area contributed by atoms with Gasteiger partial charge in [0.25, 0.3) is 0 Å². The first kappa shape index (κ1) is 18.4. The number of nitrogens with zero attached hydrogens (tertiary/aromatic N) is 4. The molecule has 2 aromatic heterocycles. The Hall–Kier alpha value is -3.35. The third-order valence-corrected chi connectivity index (χ3v) is 4.00. The Morgan fingerprint density at radius 2 is 1.89 bits per heavy atom. The number of anilines is 1. The van der Waals surface area contributed by atoms with Crippen molar-refractivity contribution in [3.05, 3.63) is 66.3 Å². The van der Waals surface area contributed by atoms with Crippen molar-refractivity contribution in [3.8, 4) is 5.75 Å². The van der Waals surface area contributed by atoms with Gasteiger partial charge < -0.3 is 10.1 Å². The fraction of sp³-hybridized carbons (Fsp3) is 0.250. The van der Waals surface area contributed by atoms with Crippen molar-refractivity contribution in [1.82, 2.24) is 19.6 Å². The summed E-state index contributed by atoms with van der Waals surface area (Å²) in [5.41, 5.74) is 2.76. The number of hydrogen-bond acceptors (Lipinski definition) is 4. The van der Waals surface area contributed by atoms with Crippen molar-refractivity contribution in [2.45, 2.75) is 33.5 Å². The molecule has 0 aliphatic heterocycles. The molecule has 27 heavy (non-hydrogen) atoms. The van der Waals surface area contributed by atoms with Crippen LogP contribution in [0.1, 0.15) is 25.0 Å². The smallest absolute Gasteiger partial charge is 0.248 e. The van der Waals surface area contributed by atoms with Gasteiger partial charge in [-0.3, -0.25) is 9.48 Å². The minimum Gasteiger partial charge on any atom is -0.471 e. The van der Waals surface area contributed by atoms with Gasteiger partial charge in [-0.2, -0.15) is 10.2 Å². The van der Waals surface area contributed by atoms with Crippen LogP contribution in [0.3, 0.4) is 0 Å². The van der Waals surface area contributed by atoms with E-state index in [2.05, 4.69) is 22.4 Å². The molecule has 7 nitrogen and oxygen atoms in total. The molecule has 0 aliphatic carbocycles. The molecule has 0 atom stereocenters. The average molecular weight is 365 g/mol. The largest absolute Gasteiger partial charge is 0.471 e. The van der Waals surface area contributed by atoms with E-state index in [1.54, 1.807) is 34.0 Å². The van der Waals surface area contributed by atoms with E-state index in [0.717, 1.165) is 24.3 Å². The SMILES string of the molecule is CCc1ccc(OCn2cc(NC(=O)/C=C/c3cnn(CC)c3)cn2)cc1. The van der Waals surface area contributed by atoms with Crippen LogP contribution in [0.15, 0.2) is 55.1 Å². The predicted octanol–water partition coefficient (Wildman–Crippen LogP) is 3.35. The molecule has 1 aromatic carbocycles. The van der Waals surface area contributed by atoms with Crippen LogP contribution in [0, 0.1) is 0 Å². The summed E-state index contributed by atoms with van der Waals surface area (Å²) in [5, 5.41) is 11.1. The zero-order chi connectivity index (χ0) is 19.1. The van der Waals surface area contributed by atoms with Crippen LogP contribution >= 0.6 is 0 Å². The predicted molar refractivity (Wildman–Crippen MR) is 104 cm³/mol. The van der Waals surface area contributed by atoms with Gasteiger partial charge in [0.2, 0.25) is 5.91 Å². The third kappa shape index (κ3) is 5.31. The molecule has 1 N–H and O–H groups in total. The van der Waals surface area contributed by atoms with E-state index in [0.29, 0.717) is 5.69 Å². The molecule has 0 spiro atoms. The highest BCUT2D eigenvalue weighted by molar-refractivity contribution is 6.01. The Morgan fingerprint density at radius 1 is 1.11 bits per heavy atom. The number of carbonyl (C=O) groups is 1. The van der Waals surface area contributed by atoms with Gasteiger partial charge in [0.15, 0.2) is 6.73 Å². The summed E-state index contributed by atoms with van der Waals surface area (Å²) >= 11 is 0. The average Bonchev–Trinajstić information content (AvgIpc) is 3.34. The molecule has 2 heterocycles. The molecule has 1 amide bonds. The summed E-state index contributed by atoms with van der Waals surface area (Å²) in [5.74, 6) is 0.554. The van der Waals surface area contributed by atoms with E-state index in [1.807, 2.05) is 37.4 Å². The lowest BCUT2D eigenvalue weighted by atomic mass is 10.2. The van der Waals surface area contributed by atoms with Gasteiger partial charge in [0.1, 0.15) is 5.75 Å². The number of carbonyl (C=O) groups excluding carboxylic acids is 1. The molecule has 7 heteroatoms. The molecular formula is C20H23N5O2. The number of benzene rings is 1. The molecule has 140 valence electrons. The van der Waals surface area contributed by atoms with E-state index >= 15 is 0 Å².